The highest BCUT2D eigenvalue weighted by Gasteiger charge is 2.21. The van der Waals surface area contributed by atoms with E-state index in [1.165, 1.54) is 75.9 Å². The predicted molar refractivity (Wildman–Crippen MR) is 167 cm³/mol. The summed E-state index contributed by atoms with van der Waals surface area (Å²) in [5.41, 5.74) is 13.7. The Labute approximate surface area is 234 Å². The van der Waals surface area contributed by atoms with E-state index in [2.05, 4.69) is 130 Å². The minimum absolute atomic E-state index is 0.990. The SMILES string of the molecule is CCCCCCc1ccc(-c2ncc(-c3c(C)cccc3C)n2-c2c(C)cc(-c3ccccc3)cc2C)cc1. The fraction of sp³-hybridized carbons (Fsp3) is 0.270. The highest BCUT2D eigenvalue weighted by molar-refractivity contribution is 5.77. The highest BCUT2D eigenvalue weighted by Crippen LogP contribution is 2.37. The van der Waals surface area contributed by atoms with Crippen molar-refractivity contribution in [3.05, 3.63) is 119 Å². The van der Waals surface area contributed by atoms with Gasteiger partial charge in [0, 0.05) is 11.1 Å². The zero-order valence-electron chi connectivity index (χ0n) is 24.1. The molecular formula is C37H40N2. The van der Waals surface area contributed by atoms with Gasteiger partial charge in [0.05, 0.1) is 17.6 Å². The summed E-state index contributed by atoms with van der Waals surface area (Å²) < 4.78 is 2.39. The zero-order valence-corrected chi connectivity index (χ0v) is 24.1. The summed E-state index contributed by atoms with van der Waals surface area (Å²) >= 11 is 0. The normalized spacial score (nSPS) is 11.2. The van der Waals surface area contributed by atoms with Gasteiger partial charge >= 0.3 is 0 Å². The molecule has 0 N–H and O–H groups in total. The Bertz CT molecular complexity index is 1510. The van der Waals surface area contributed by atoms with E-state index in [0.717, 1.165) is 23.5 Å². The van der Waals surface area contributed by atoms with E-state index in [0.29, 0.717) is 0 Å². The second-order valence-electron chi connectivity index (χ2n) is 10.9. The molecule has 0 aliphatic rings. The van der Waals surface area contributed by atoms with Gasteiger partial charge in [-0.15, -0.1) is 0 Å². The van der Waals surface area contributed by atoms with Crippen LogP contribution in [0.2, 0.25) is 0 Å². The number of hydrogen-bond acceptors (Lipinski definition) is 1. The van der Waals surface area contributed by atoms with Crippen LogP contribution in [0.5, 0.6) is 0 Å². The molecule has 0 spiro atoms. The van der Waals surface area contributed by atoms with Crippen LogP contribution in [0.3, 0.4) is 0 Å². The van der Waals surface area contributed by atoms with E-state index in [4.69, 9.17) is 4.98 Å². The van der Waals surface area contributed by atoms with Gasteiger partial charge in [0.15, 0.2) is 0 Å². The maximum atomic E-state index is 5.06. The van der Waals surface area contributed by atoms with Crippen LogP contribution < -0.4 is 0 Å². The summed E-state index contributed by atoms with van der Waals surface area (Å²) in [5.74, 6) is 0.990. The number of imidazole rings is 1. The third-order valence-corrected chi connectivity index (χ3v) is 7.85. The van der Waals surface area contributed by atoms with Crippen LogP contribution in [-0.4, -0.2) is 9.55 Å². The van der Waals surface area contributed by atoms with Gasteiger partial charge in [-0.2, -0.15) is 0 Å². The Morgan fingerprint density at radius 2 is 1.28 bits per heavy atom. The lowest BCUT2D eigenvalue weighted by Gasteiger charge is -2.20. The van der Waals surface area contributed by atoms with E-state index in [-0.39, 0.29) is 0 Å². The Hall–Kier alpha value is -3.91. The van der Waals surface area contributed by atoms with Crippen LogP contribution in [0.4, 0.5) is 0 Å². The molecular weight excluding hydrogens is 472 g/mol. The van der Waals surface area contributed by atoms with Crippen LogP contribution >= 0.6 is 0 Å². The molecule has 5 aromatic rings. The Balaban J connectivity index is 1.64. The average molecular weight is 513 g/mol. The summed E-state index contributed by atoms with van der Waals surface area (Å²) in [6.07, 6.45) is 8.35. The van der Waals surface area contributed by atoms with E-state index >= 15 is 0 Å². The first kappa shape index (κ1) is 26.7. The van der Waals surface area contributed by atoms with E-state index in [1.807, 2.05) is 0 Å². The van der Waals surface area contributed by atoms with Gasteiger partial charge in [-0.3, -0.25) is 4.57 Å². The van der Waals surface area contributed by atoms with Crippen LogP contribution in [0.15, 0.2) is 91.1 Å². The first-order chi connectivity index (χ1) is 19.0. The lowest BCUT2D eigenvalue weighted by Crippen LogP contribution is -2.06. The van der Waals surface area contributed by atoms with Gasteiger partial charge in [-0.1, -0.05) is 99.0 Å². The summed E-state index contributed by atoms with van der Waals surface area (Å²) in [6.45, 7) is 11.1. The quantitative estimate of drug-likeness (QED) is 0.180. The molecule has 0 aliphatic carbocycles. The monoisotopic (exact) mass is 512 g/mol. The summed E-state index contributed by atoms with van der Waals surface area (Å²) in [7, 11) is 0. The van der Waals surface area contributed by atoms with Crippen molar-refractivity contribution in [3.8, 4) is 39.5 Å². The van der Waals surface area contributed by atoms with E-state index < -0.39 is 0 Å². The fourth-order valence-corrected chi connectivity index (χ4v) is 5.86. The molecule has 1 aromatic heterocycles. The first-order valence-electron chi connectivity index (χ1n) is 14.4. The number of aromatic nitrogens is 2. The number of rotatable bonds is 9. The van der Waals surface area contributed by atoms with Gasteiger partial charge in [0.2, 0.25) is 0 Å². The van der Waals surface area contributed by atoms with Gasteiger partial charge in [-0.05, 0) is 91.6 Å². The molecule has 39 heavy (non-hydrogen) atoms. The van der Waals surface area contributed by atoms with Crippen molar-refractivity contribution in [1.29, 1.82) is 0 Å². The maximum Gasteiger partial charge on any atom is 0.145 e. The molecule has 1 heterocycles. The van der Waals surface area contributed by atoms with Gasteiger partial charge in [-0.25, -0.2) is 4.98 Å². The molecule has 0 radical (unpaired) electrons. The Morgan fingerprint density at radius 3 is 1.92 bits per heavy atom. The molecule has 0 fully saturated rings. The van der Waals surface area contributed by atoms with Gasteiger partial charge < -0.3 is 0 Å². The number of benzene rings is 4. The number of unbranched alkanes of at least 4 members (excludes halogenated alkanes) is 3. The molecule has 0 saturated carbocycles. The average Bonchev–Trinajstić information content (AvgIpc) is 3.35. The molecule has 0 unspecified atom stereocenters. The minimum Gasteiger partial charge on any atom is -0.292 e. The van der Waals surface area contributed by atoms with Crippen molar-refractivity contribution in [1.82, 2.24) is 9.55 Å². The molecule has 0 aliphatic heterocycles. The van der Waals surface area contributed by atoms with Gasteiger partial charge in [0.25, 0.3) is 0 Å². The lowest BCUT2D eigenvalue weighted by molar-refractivity contribution is 0.667. The minimum atomic E-state index is 0.990. The highest BCUT2D eigenvalue weighted by atomic mass is 15.1. The van der Waals surface area contributed by atoms with Crippen molar-refractivity contribution < 1.29 is 0 Å². The molecule has 0 amide bonds. The number of hydrogen-bond donors (Lipinski definition) is 0. The molecule has 0 bridgehead atoms. The Morgan fingerprint density at radius 1 is 0.615 bits per heavy atom. The van der Waals surface area contributed by atoms with Crippen LogP contribution in [-0.2, 0) is 6.42 Å². The smallest absolute Gasteiger partial charge is 0.145 e. The second-order valence-corrected chi connectivity index (χ2v) is 10.9. The lowest BCUT2D eigenvalue weighted by atomic mass is 9.97. The number of aryl methyl sites for hydroxylation is 5. The zero-order chi connectivity index (χ0) is 27.4. The fourth-order valence-electron chi connectivity index (χ4n) is 5.86. The van der Waals surface area contributed by atoms with Crippen molar-refractivity contribution in [2.75, 3.05) is 0 Å². The van der Waals surface area contributed by atoms with Crippen molar-refractivity contribution in [2.45, 2.75) is 66.7 Å². The Kier molecular flexibility index (Phi) is 8.12. The third kappa shape index (κ3) is 5.61. The van der Waals surface area contributed by atoms with Crippen LogP contribution in [0.1, 0.15) is 60.4 Å². The molecule has 0 saturated heterocycles. The largest absolute Gasteiger partial charge is 0.292 e. The van der Waals surface area contributed by atoms with E-state index in [9.17, 15) is 0 Å². The molecule has 2 nitrogen and oxygen atoms in total. The van der Waals surface area contributed by atoms with Crippen LogP contribution in [0, 0.1) is 27.7 Å². The summed E-state index contributed by atoms with van der Waals surface area (Å²) in [6, 6.07) is 30.9. The molecule has 4 aromatic carbocycles. The van der Waals surface area contributed by atoms with Crippen molar-refractivity contribution in [2.24, 2.45) is 0 Å². The summed E-state index contributed by atoms with van der Waals surface area (Å²) in [4.78, 5) is 5.06. The molecule has 0 atom stereocenters. The van der Waals surface area contributed by atoms with Crippen molar-refractivity contribution >= 4 is 0 Å². The predicted octanol–water partition coefficient (Wildman–Crippen LogP) is 10.2. The first-order valence-corrected chi connectivity index (χ1v) is 14.4. The van der Waals surface area contributed by atoms with Crippen molar-refractivity contribution in [3.63, 3.8) is 0 Å². The molecule has 198 valence electrons. The van der Waals surface area contributed by atoms with E-state index in [1.54, 1.807) is 0 Å². The standard InChI is InChI=1S/C37H40N2/c1-6-7-8-10-16-30-19-21-32(22-20-30)37-38-25-34(35-26(2)14-13-15-27(35)3)39(37)36-28(4)23-33(24-29(36)5)31-17-11-9-12-18-31/h9,11-15,17-25H,6-8,10,16H2,1-5H3. The van der Waals surface area contributed by atoms with Crippen LogP contribution in [0.25, 0.3) is 39.5 Å². The molecule has 5 rings (SSSR count). The number of nitrogens with zero attached hydrogens (tertiary/aromatic N) is 2. The maximum absolute atomic E-state index is 5.06. The summed E-state index contributed by atoms with van der Waals surface area (Å²) in [5, 5.41) is 0. The second kappa shape index (κ2) is 11.9. The van der Waals surface area contributed by atoms with Gasteiger partial charge in [0.1, 0.15) is 5.82 Å². The molecule has 2 heteroatoms. The topological polar surface area (TPSA) is 17.8 Å². The third-order valence-electron chi connectivity index (χ3n) is 7.85.